The minimum Gasteiger partial charge on any atom is -0.481 e. The molecule has 9 heteroatoms. The van der Waals surface area contributed by atoms with E-state index in [0.717, 1.165) is 0 Å². The van der Waals surface area contributed by atoms with Crippen LogP contribution >= 0.6 is 15.9 Å². The van der Waals surface area contributed by atoms with E-state index in [1.54, 1.807) is 0 Å². The number of benzene rings is 1. The number of carboxylic acids is 1. The van der Waals surface area contributed by atoms with Gasteiger partial charge in [-0.05, 0) is 18.6 Å². The van der Waals surface area contributed by atoms with Crippen molar-refractivity contribution in [1.29, 1.82) is 0 Å². The predicted molar refractivity (Wildman–Crippen MR) is 83.3 cm³/mol. The number of hydrogen-bond acceptors (Lipinski definition) is 5. The molecular formula is C14H15BrN2O6. The molecule has 1 aromatic rings. The van der Waals surface area contributed by atoms with E-state index in [9.17, 15) is 19.7 Å². The van der Waals surface area contributed by atoms with E-state index in [-0.39, 0.29) is 30.3 Å². The van der Waals surface area contributed by atoms with Gasteiger partial charge >= 0.3 is 5.97 Å². The molecule has 1 fully saturated rings. The molecule has 1 aliphatic heterocycles. The Bertz CT molecular complexity index is 650. The second-order valence-electron chi connectivity index (χ2n) is 5.22. The van der Waals surface area contributed by atoms with Gasteiger partial charge in [-0.3, -0.25) is 19.7 Å². The maximum Gasteiger partial charge on any atom is 0.305 e. The van der Waals surface area contributed by atoms with Gasteiger partial charge in [-0.15, -0.1) is 0 Å². The number of amides is 1. The number of methoxy groups -OCH3 is 1. The van der Waals surface area contributed by atoms with Crippen LogP contribution in [0.1, 0.15) is 23.2 Å². The largest absolute Gasteiger partial charge is 0.481 e. The number of ether oxygens (including phenoxy) is 1. The molecule has 0 radical (unpaired) electrons. The molecule has 0 aliphatic carbocycles. The number of carbonyl (C=O) groups is 2. The van der Waals surface area contributed by atoms with Gasteiger partial charge in [0.25, 0.3) is 11.6 Å². The first-order valence-electron chi connectivity index (χ1n) is 6.83. The molecule has 1 aromatic carbocycles. The highest BCUT2D eigenvalue weighted by Crippen LogP contribution is 2.29. The van der Waals surface area contributed by atoms with Crippen molar-refractivity contribution in [3.63, 3.8) is 0 Å². The number of carbonyl (C=O) groups excluding carboxylic acids is 1. The first kappa shape index (κ1) is 17.4. The zero-order valence-corrected chi connectivity index (χ0v) is 13.9. The number of likely N-dealkylation sites (tertiary alicyclic amines) is 1. The second-order valence-corrected chi connectivity index (χ2v) is 6.14. The van der Waals surface area contributed by atoms with E-state index >= 15 is 0 Å². The number of nitro groups is 1. The number of halogens is 1. The molecule has 2 rings (SSSR count). The molecule has 0 bridgehead atoms. The Morgan fingerprint density at radius 1 is 1.52 bits per heavy atom. The SMILES string of the molecule is COC1CC(CC(=O)O)N(C(=O)c2ccc(Br)cc2[N+](=O)[O-])C1. The van der Waals surface area contributed by atoms with E-state index in [2.05, 4.69) is 15.9 Å². The van der Waals surface area contributed by atoms with Crippen LogP contribution in [0.15, 0.2) is 22.7 Å². The van der Waals surface area contributed by atoms with Crippen molar-refractivity contribution in [2.45, 2.75) is 25.0 Å². The third kappa shape index (κ3) is 3.85. The molecular weight excluding hydrogens is 372 g/mol. The van der Waals surface area contributed by atoms with Crippen LogP contribution in [0.3, 0.4) is 0 Å². The van der Waals surface area contributed by atoms with Gasteiger partial charge in [0.2, 0.25) is 0 Å². The van der Waals surface area contributed by atoms with Gasteiger partial charge in [-0.25, -0.2) is 0 Å². The molecule has 1 N–H and O–H groups in total. The van der Waals surface area contributed by atoms with Crippen LogP contribution in [0.4, 0.5) is 5.69 Å². The van der Waals surface area contributed by atoms with Gasteiger partial charge < -0.3 is 14.7 Å². The molecule has 1 aliphatic rings. The third-order valence-corrected chi connectivity index (χ3v) is 4.26. The molecule has 23 heavy (non-hydrogen) atoms. The lowest BCUT2D eigenvalue weighted by molar-refractivity contribution is -0.385. The zero-order chi connectivity index (χ0) is 17.1. The average molecular weight is 387 g/mol. The van der Waals surface area contributed by atoms with E-state index < -0.39 is 22.8 Å². The molecule has 1 saturated heterocycles. The van der Waals surface area contributed by atoms with Crippen LogP contribution in [-0.4, -0.2) is 52.6 Å². The summed E-state index contributed by atoms with van der Waals surface area (Å²) in [4.78, 5) is 35.6. The van der Waals surface area contributed by atoms with Crippen molar-refractivity contribution in [3.05, 3.63) is 38.3 Å². The fourth-order valence-electron chi connectivity index (χ4n) is 2.68. The lowest BCUT2D eigenvalue weighted by Crippen LogP contribution is -2.37. The fraction of sp³-hybridized carbons (Fsp3) is 0.429. The standard InChI is InChI=1S/C14H15BrN2O6/c1-23-10-5-9(6-13(18)19)16(7-10)14(20)11-3-2-8(15)4-12(11)17(21)22/h2-4,9-10H,5-7H2,1H3,(H,18,19). The molecule has 1 amide bonds. The summed E-state index contributed by atoms with van der Waals surface area (Å²) in [6.45, 7) is 0.209. The highest BCUT2D eigenvalue weighted by Gasteiger charge is 2.38. The van der Waals surface area contributed by atoms with E-state index in [1.807, 2.05) is 0 Å². The number of nitrogens with zero attached hydrogens (tertiary/aromatic N) is 2. The van der Waals surface area contributed by atoms with Crippen molar-refractivity contribution in [3.8, 4) is 0 Å². The Morgan fingerprint density at radius 2 is 2.22 bits per heavy atom. The summed E-state index contributed by atoms with van der Waals surface area (Å²) in [5.41, 5.74) is -0.385. The smallest absolute Gasteiger partial charge is 0.305 e. The first-order valence-corrected chi connectivity index (χ1v) is 7.62. The third-order valence-electron chi connectivity index (χ3n) is 3.77. The van der Waals surface area contributed by atoms with E-state index in [0.29, 0.717) is 10.9 Å². The number of aliphatic carboxylic acids is 1. The average Bonchev–Trinajstić information content (AvgIpc) is 2.88. The van der Waals surface area contributed by atoms with E-state index in [1.165, 1.54) is 30.2 Å². The van der Waals surface area contributed by atoms with Gasteiger partial charge in [-0.2, -0.15) is 0 Å². The van der Waals surface area contributed by atoms with Crippen LogP contribution in [0.5, 0.6) is 0 Å². The predicted octanol–water partition coefficient (Wildman–Crippen LogP) is 2.06. The lowest BCUT2D eigenvalue weighted by Gasteiger charge is -2.23. The summed E-state index contributed by atoms with van der Waals surface area (Å²) in [5, 5.41) is 20.2. The zero-order valence-electron chi connectivity index (χ0n) is 12.3. The fourth-order valence-corrected chi connectivity index (χ4v) is 3.03. The summed E-state index contributed by atoms with van der Waals surface area (Å²) in [5.74, 6) is -1.59. The van der Waals surface area contributed by atoms with Crippen LogP contribution in [0.25, 0.3) is 0 Å². The minimum absolute atomic E-state index is 0.0645. The summed E-state index contributed by atoms with van der Waals surface area (Å²) < 4.78 is 5.69. The van der Waals surface area contributed by atoms with Crippen molar-refractivity contribution in [2.24, 2.45) is 0 Å². The van der Waals surface area contributed by atoms with Crippen LogP contribution in [-0.2, 0) is 9.53 Å². The van der Waals surface area contributed by atoms with E-state index in [4.69, 9.17) is 9.84 Å². The quantitative estimate of drug-likeness (QED) is 0.612. The molecule has 0 saturated carbocycles. The highest BCUT2D eigenvalue weighted by molar-refractivity contribution is 9.10. The maximum absolute atomic E-state index is 12.7. The topological polar surface area (TPSA) is 110 Å². The molecule has 8 nitrogen and oxygen atoms in total. The summed E-state index contributed by atoms with van der Waals surface area (Å²) in [6, 6.07) is 3.61. The molecule has 0 aromatic heterocycles. The number of nitro benzene ring substituents is 1. The highest BCUT2D eigenvalue weighted by atomic mass is 79.9. The molecule has 2 atom stereocenters. The second kappa shape index (κ2) is 7.05. The molecule has 2 unspecified atom stereocenters. The van der Waals surface area contributed by atoms with Crippen LogP contribution < -0.4 is 0 Å². The van der Waals surface area contributed by atoms with Gasteiger partial charge in [0.15, 0.2) is 0 Å². The number of carboxylic acid groups (broad SMARTS) is 1. The Labute approximate surface area is 140 Å². The monoisotopic (exact) mass is 386 g/mol. The Hall–Kier alpha value is -2.00. The normalized spacial score (nSPS) is 20.5. The number of hydrogen-bond donors (Lipinski definition) is 1. The summed E-state index contributed by atoms with van der Waals surface area (Å²) in [7, 11) is 1.48. The Balaban J connectivity index is 2.34. The lowest BCUT2D eigenvalue weighted by atomic mass is 10.1. The molecule has 1 heterocycles. The van der Waals surface area contributed by atoms with Crippen molar-refractivity contribution in [1.82, 2.24) is 4.90 Å². The first-order chi connectivity index (χ1) is 10.8. The van der Waals surface area contributed by atoms with Crippen LogP contribution in [0, 0.1) is 10.1 Å². The van der Waals surface area contributed by atoms with Gasteiger partial charge in [-0.1, -0.05) is 15.9 Å². The number of rotatable bonds is 5. The van der Waals surface area contributed by atoms with Crippen molar-refractivity contribution >= 4 is 33.5 Å². The Morgan fingerprint density at radius 3 is 2.78 bits per heavy atom. The van der Waals surface area contributed by atoms with Gasteiger partial charge in [0.05, 0.1) is 17.4 Å². The molecule has 124 valence electrons. The van der Waals surface area contributed by atoms with Crippen molar-refractivity contribution < 1.29 is 24.4 Å². The molecule has 0 spiro atoms. The van der Waals surface area contributed by atoms with Gasteiger partial charge in [0.1, 0.15) is 5.56 Å². The maximum atomic E-state index is 12.7. The van der Waals surface area contributed by atoms with Crippen molar-refractivity contribution in [2.75, 3.05) is 13.7 Å². The summed E-state index contributed by atoms with van der Waals surface area (Å²) in [6.07, 6.45) is -0.118. The Kier molecular flexibility index (Phi) is 5.32. The minimum atomic E-state index is -1.03. The van der Waals surface area contributed by atoms with Gasteiger partial charge in [0, 0.05) is 30.2 Å². The summed E-state index contributed by atoms with van der Waals surface area (Å²) >= 11 is 3.14. The van der Waals surface area contributed by atoms with Crippen LogP contribution in [0.2, 0.25) is 0 Å².